The van der Waals surface area contributed by atoms with Crippen LogP contribution in [0.1, 0.15) is 51.4 Å². The van der Waals surface area contributed by atoms with Crippen molar-refractivity contribution in [1.82, 2.24) is 9.80 Å². The maximum Gasteiger partial charge on any atom is 0.143 e. The number of unbranched alkanes of at least 4 members (excludes halogenated alkanes) is 1. The lowest BCUT2D eigenvalue weighted by molar-refractivity contribution is 0.183. The van der Waals surface area contributed by atoms with Crippen LogP contribution in [0.5, 0.6) is 5.75 Å². The third-order valence-corrected chi connectivity index (χ3v) is 6.22. The van der Waals surface area contributed by atoms with Gasteiger partial charge in [0, 0.05) is 17.6 Å². The Morgan fingerprint density at radius 2 is 1.52 bits per heavy atom. The standard InChI is InChI=1S/C22H36BrN3O/c23-20-9-10-21(24-11-3-8-16-25-12-4-1-5-13-25)22(19-20)27-18-17-26-14-6-2-7-15-26/h9-10,19,24H,1-8,11-18H2. The van der Waals surface area contributed by atoms with Crippen LogP contribution in [0.25, 0.3) is 0 Å². The molecule has 0 amide bonds. The third kappa shape index (κ3) is 7.63. The number of rotatable bonds is 10. The van der Waals surface area contributed by atoms with Crippen molar-refractivity contribution in [2.75, 3.05) is 57.7 Å². The first-order chi connectivity index (χ1) is 13.3. The van der Waals surface area contributed by atoms with Gasteiger partial charge in [-0.1, -0.05) is 28.8 Å². The lowest BCUT2D eigenvalue weighted by Crippen LogP contribution is -2.33. The number of halogens is 1. The molecule has 0 atom stereocenters. The molecule has 1 aromatic rings. The average molecular weight is 438 g/mol. The van der Waals surface area contributed by atoms with Gasteiger partial charge < -0.3 is 15.0 Å². The molecule has 2 fully saturated rings. The monoisotopic (exact) mass is 437 g/mol. The first kappa shape index (κ1) is 20.9. The lowest BCUT2D eigenvalue weighted by atomic mass is 10.1. The molecule has 0 unspecified atom stereocenters. The summed E-state index contributed by atoms with van der Waals surface area (Å²) in [5.74, 6) is 0.970. The van der Waals surface area contributed by atoms with E-state index in [9.17, 15) is 0 Å². The molecule has 2 aliphatic heterocycles. The number of hydrogen-bond donors (Lipinski definition) is 1. The van der Waals surface area contributed by atoms with Gasteiger partial charge >= 0.3 is 0 Å². The quantitative estimate of drug-likeness (QED) is 0.521. The van der Waals surface area contributed by atoms with Gasteiger partial charge in [0.25, 0.3) is 0 Å². The maximum atomic E-state index is 6.13. The predicted molar refractivity (Wildman–Crippen MR) is 118 cm³/mol. The second-order valence-corrected chi connectivity index (χ2v) is 8.84. The van der Waals surface area contributed by atoms with Crippen molar-refractivity contribution in [2.24, 2.45) is 0 Å². The summed E-state index contributed by atoms with van der Waals surface area (Å²) < 4.78 is 7.21. The molecule has 0 aliphatic carbocycles. The zero-order chi connectivity index (χ0) is 18.7. The van der Waals surface area contributed by atoms with E-state index < -0.39 is 0 Å². The first-order valence-electron chi connectivity index (χ1n) is 10.9. The highest BCUT2D eigenvalue weighted by molar-refractivity contribution is 9.10. The molecular weight excluding hydrogens is 402 g/mol. The van der Waals surface area contributed by atoms with E-state index in [4.69, 9.17) is 4.74 Å². The second kappa shape index (κ2) is 11.9. The van der Waals surface area contributed by atoms with Crippen LogP contribution in [0.15, 0.2) is 22.7 Å². The van der Waals surface area contributed by atoms with Gasteiger partial charge in [-0.15, -0.1) is 0 Å². The summed E-state index contributed by atoms with van der Waals surface area (Å²) >= 11 is 3.58. The smallest absolute Gasteiger partial charge is 0.143 e. The van der Waals surface area contributed by atoms with Gasteiger partial charge in [0.1, 0.15) is 12.4 Å². The van der Waals surface area contributed by atoms with Crippen LogP contribution < -0.4 is 10.1 Å². The van der Waals surface area contributed by atoms with Crippen LogP contribution in [0.2, 0.25) is 0 Å². The van der Waals surface area contributed by atoms with E-state index in [1.807, 2.05) is 0 Å². The van der Waals surface area contributed by atoms with E-state index in [1.165, 1.54) is 84.1 Å². The fraction of sp³-hybridized carbons (Fsp3) is 0.727. The van der Waals surface area contributed by atoms with Gasteiger partial charge in [0.2, 0.25) is 0 Å². The number of piperidine rings is 2. The van der Waals surface area contributed by atoms with E-state index >= 15 is 0 Å². The average Bonchev–Trinajstić information content (AvgIpc) is 2.71. The number of hydrogen-bond acceptors (Lipinski definition) is 4. The molecule has 2 saturated heterocycles. The molecule has 1 N–H and O–H groups in total. The Morgan fingerprint density at radius 3 is 2.22 bits per heavy atom. The van der Waals surface area contributed by atoms with E-state index in [1.54, 1.807) is 0 Å². The molecule has 2 heterocycles. The third-order valence-electron chi connectivity index (χ3n) is 5.72. The molecule has 0 spiro atoms. The second-order valence-electron chi connectivity index (χ2n) is 7.93. The van der Waals surface area contributed by atoms with Crippen LogP contribution >= 0.6 is 15.9 Å². The minimum Gasteiger partial charge on any atom is -0.490 e. The maximum absolute atomic E-state index is 6.13. The number of likely N-dealkylation sites (tertiary alicyclic amines) is 2. The van der Waals surface area contributed by atoms with E-state index in [0.29, 0.717) is 0 Å². The van der Waals surface area contributed by atoms with Crippen molar-refractivity contribution in [3.63, 3.8) is 0 Å². The van der Waals surface area contributed by atoms with Crippen molar-refractivity contribution < 1.29 is 4.74 Å². The molecule has 152 valence electrons. The van der Waals surface area contributed by atoms with Crippen molar-refractivity contribution in [1.29, 1.82) is 0 Å². The molecule has 5 heteroatoms. The number of nitrogens with zero attached hydrogens (tertiary/aromatic N) is 2. The van der Waals surface area contributed by atoms with Crippen LogP contribution in [-0.2, 0) is 0 Å². The van der Waals surface area contributed by atoms with Crippen molar-refractivity contribution in [3.8, 4) is 5.75 Å². The van der Waals surface area contributed by atoms with Gasteiger partial charge in [0.15, 0.2) is 0 Å². The molecule has 2 aliphatic rings. The fourth-order valence-electron chi connectivity index (χ4n) is 4.10. The summed E-state index contributed by atoms with van der Waals surface area (Å²) in [7, 11) is 0. The number of nitrogens with one attached hydrogen (secondary N) is 1. The van der Waals surface area contributed by atoms with E-state index in [-0.39, 0.29) is 0 Å². The molecule has 1 aromatic carbocycles. The number of ether oxygens (including phenoxy) is 1. The van der Waals surface area contributed by atoms with Crippen LogP contribution in [0.3, 0.4) is 0 Å². The van der Waals surface area contributed by atoms with Gasteiger partial charge in [-0.3, -0.25) is 4.90 Å². The Labute approximate surface area is 173 Å². The predicted octanol–water partition coefficient (Wildman–Crippen LogP) is 4.99. The normalized spacial score (nSPS) is 19.1. The van der Waals surface area contributed by atoms with Crippen molar-refractivity contribution in [3.05, 3.63) is 22.7 Å². The first-order valence-corrected chi connectivity index (χ1v) is 11.7. The SMILES string of the molecule is Brc1ccc(NCCCCN2CCCCC2)c(OCCN2CCCCC2)c1. The summed E-state index contributed by atoms with van der Waals surface area (Å²) in [6.45, 7) is 9.11. The van der Waals surface area contributed by atoms with Gasteiger partial charge in [0.05, 0.1) is 5.69 Å². The molecule has 0 aromatic heterocycles. The van der Waals surface area contributed by atoms with E-state index in [2.05, 4.69) is 49.2 Å². The van der Waals surface area contributed by atoms with Crippen molar-refractivity contribution >= 4 is 21.6 Å². The lowest BCUT2D eigenvalue weighted by Gasteiger charge is -2.26. The largest absolute Gasteiger partial charge is 0.490 e. The molecule has 0 bridgehead atoms. The minimum atomic E-state index is 0.764. The summed E-state index contributed by atoms with van der Waals surface area (Å²) in [5, 5.41) is 3.59. The topological polar surface area (TPSA) is 27.7 Å². The molecule has 0 radical (unpaired) electrons. The number of anilines is 1. The zero-order valence-corrected chi connectivity index (χ0v) is 18.3. The van der Waals surface area contributed by atoms with Gasteiger partial charge in [-0.05, 0) is 89.4 Å². The van der Waals surface area contributed by atoms with Crippen LogP contribution in [-0.4, -0.2) is 62.2 Å². The molecule has 27 heavy (non-hydrogen) atoms. The molecule has 3 rings (SSSR count). The summed E-state index contributed by atoms with van der Waals surface area (Å²) in [6.07, 6.45) is 10.7. The fourth-order valence-corrected chi connectivity index (χ4v) is 4.44. The van der Waals surface area contributed by atoms with Crippen LogP contribution in [0, 0.1) is 0 Å². The molecule has 0 saturated carbocycles. The molecule has 4 nitrogen and oxygen atoms in total. The highest BCUT2D eigenvalue weighted by Gasteiger charge is 2.11. The summed E-state index contributed by atoms with van der Waals surface area (Å²) in [6, 6.07) is 6.31. The Morgan fingerprint density at radius 1 is 0.852 bits per heavy atom. The zero-order valence-electron chi connectivity index (χ0n) is 16.7. The number of benzene rings is 1. The van der Waals surface area contributed by atoms with Gasteiger partial charge in [-0.25, -0.2) is 0 Å². The van der Waals surface area contributed by atoms with Crippen LogP contribution in [0.4, 0.5) is 5.69 Å². The Hall–Kier alpha value is -0.780. The highest BCUT2D eigenvalue weighted by Crippen LogP contribution is 2.28. The summed E-state index contributed by atoms with van der Waals surface area (Å²) in [5.41, 5.74) is 1.12. The molecular formula is C22H36BrN3O. The Bertz CT molecular complexity index is 542. The Kier molecular flexibility index (Phi) is 9.25. The summed E-state index contributed by atoms with van der Waals surface area (Å²) in [4.78, 5) is 5.15. The minimum absolute atomic E-state index is 0.764. The van der Waals surface area contributed by atoms with Crippen molar-refractivity contribution in [2.45, 2.75) is 51.4 Å². The van der Waals surface area contributed by atoms with E-state index in [0.717, 1.165) is 35.6 Å². The van der Waals surface area contributed by atoms with Gasteiger partial charge in [-0.2, -0.15) is 0 Å². The highest BCUT2D eigenvalue weighted by atomic mass is 79.9. The Balaban J connectivity index is 1.37.